The van der Waals surface area contributed by atoms with Crippen LogP contribution in [0.5, 0.6) is 0 Å². The average Bonchev–Trinajstić information content (AvgIpc) is 2.92. The summed E-state index contributed by atoms with van der Waals surface area (Å²) in [5.74, 6) is -0.886. The van der Waals surface area contributed by atoms with Crippen LogP contribution in [0.4, 0.5) is 5.13 Å². The number of isothiocyanates is 1. The van der Waals surface area contributed by atoms with E-state index in [1.54, 1.807) is 11.8 Å². The van der Waals surface area contributed by atoms with Crippen LogP contribution in [0, 0.1) is 5.41 Å². The highest BCUT2D eigenvalue weighted by Crippen LogP contribution is 2.19. The van der Waals surface area contributed by atoms with Crippen LogP contribution in [0.25, 0.3) is 0 Å². The Hall–Kier alpha value is -2.27. The van der Waals surface area contributed by atoms with Gasteiger partial charge in [0.05, 0.1) is 17.4 Å². The highest BCUT2D eigenvalue weighted by atomic mass is 32.2. The second kappa shape index (κ2) is 13.2. The Balaban J connectivity index is 0.000000561. The molecule has 1 aromatic rings. The summed E-state index contributed by atoms with van der Waals surface area (Å²) in [6.07, 6.45) is 1.12. The third-order valence-corrected chi connectivity index (χ3v) is 3.73. The van der Waals surface area contributed by atoms with E-state index in [0.717, 1.165) is 17.2 Å². The van der Waals surface area contributed by atoms with Crippen LogP contribution in [0.1, 0.15) is 5.69 Å². The Kier molecular flexibility index (Phi) is 11.9. The fourth-order valence-electron chi connectivity index (χ4n) is 1.02. The molecule has 0 atom stereocenters. The van der Waals surface area contributed by atoms with E-state index in [2.05, 4.69) is 32.7 Å². The maximum atomic E-state index is 9.55. The Labute approximate surface area is 151 Å². The predicted molar refractivity (Wildman–Crippen MR) is 98.1 cm³/mol. The smallest absolute Gasteiger partial charge is 0.328 e. The highest BCUT2D eigenvalue weighted by Gasteiger charge is 2.02. The molecular formula is C12H15N5O4S3. The molecule has 0 aliphatic carbocycles. The number of thioether (sulfide) groups is 1. The first-order chi connectivity index (χ1) is 11.3. The van der Waals surface area contributed by atoms with Gasteiger partial charge in [0, 0.05) is 29.0 Å². The molecule has 1 heterocycles. The third kappa shape index (κ3) is 13.4. The molecule has 130 valence electrons. The zero-order chi connectivity index (χ0) is 18.4. The van der Waals surface area contributed by atoms with Gasteiger partial charge in [-0.3, -0.25) is 5.41 Å². The quantitative estimate of drug-likeness (QED) is 0.146. The molecule has 0 bridgehead atoms. The summed E-state index contributed by atoms with van der Waals surface area (Å²) in [4.78, 5) is 27.2. The molecule has 0 fully saturated rings. The zero-order valence-corrected chi connectivity index (χ0v) is 14.7. The molecular weight excluding hydrogens is 374 g/mol. The number of aliphatic imine (C=N–C) groups is 1. The SMILES string of the molecule is N=C(N)Nc1nc(CSCCN=C=S)cs1.O=C(O)/C=C\C(=O)O. The minimum absolute atomic E-state index is 0.0936. The zero-order valence-electron chi connectivity index (χ0n) is 12.3. The van der Waals surface area contributed by atoms with Crippen molar-refractivity contribution in [1.82, 2.24) is 4.98 Å². The van der Waals surface area contributed by atoms with E-state index < -0.39 is 11.9 Å². The van der Waals surface area contributed by atoms with Crippen LogP contribution in [-0.4, -0.2) is 50.6 Å². The van der Waals surface area contributed by atoms with Gasteiger partial charge in [0.1, 0.15) is 0 Å². The fourth-order valence-corrected chi connectivity index (χ4v) is 2.66. The first-order valence-corrected chi connectivity index (χ1v) is 8.60. The monoisotopic (exact) mass is 389 g/mol. The number of aliphatic carboxylic acids is 2. The molecule has 12 heteroatoms. The predicted octanol–water partition coefficient (Wildman–Crippen LogP) is 1.50. The molecule has 0 saturated heterocycles. The number of nitrogens with zero attached hydrogens (tertiary/aromatic N) is 2. The van der Waals surface area contributed by atoms with Crippen LogP contribution < -0.4 is 11.1 Å². The molecule has 0 saturated carbocycles. The molecule has 6 N–H and O–H groups in total. The molecule has 0 aliphatic heterocycles. The van der Waals surface area contributed by atoms with Crippen LogP contribution >= 0.6 is 35.3 Å². The first-order valence-electron chi connectivity index (χ1n) is 6.16. The minimum Gasteiger partial charge on any atom is -0.478 e. The van der Waals surface area contributed by atoms with Crippen molar-refractivity contribution < 1.29 is 19.8 Å². The van der Waals surface area contributed by atoms with Crippen molar-refractivity contribution >= 4 is 63.5 Å². The third-order valence-electron chi connectivity index (χ3n) is 1.82. The molecule has 1 rings (SSSR count). The van der Waals surface area contributed by atoms with Gasteiger partial charge in [-0.2, -0.15) is 11.8 Å². The number of nitrogens with two attached hydrogens (primary N) is 1. The van der Waals surface area contributed by atoms with Gasteiger partial charge in [-0.1, -0.05) is 0 Å². The first kappa shape index (κ1) is 21.7. The summed E-state index contributed by atoms with van der Waals surface area (Å²) in [6, 6.07) is 0. The standard InChI is InChI=1S/C8H11N5S3.C4H4O4/c9-7(10)13-8-12-6(4-16-8)3-15-2-1-11-5-14;5-3(6)1-2-4(7)8/h4H,1-3H2,(H4,9,10,12,13);1-2H,(H,5,6)(H,7,8)/b;2-1-. The lowest BCUT2D eigenvalue weighted by Gasteiger charge is -1.97. The Morgan fingerprint density at radius 3 is 2.62 bits per heavy atom. The van der Waals surface area contributed by atoms with E-state index >= 15 is 0 Å². The minimum atomic E-state index is -1.26. The summed E-state index contributed by atoms with van der Waals surface area (Å²) in [6.45, 7) is 0.691. The lowest BCUT2D eigenvalue weighted by atomic mass is 10.5. The van der Waals surface area contributed by atoms with Gasteiger partial charge in [-0.15, -0.1) is 11.3 Å². The maximum Gasteiger partial charge on any atom is 0.328 e. The average molecular weight is 389 g/mol. The van der Waals surface area contributed by atoms with Crippen molar-refractivity contribution in [2.75, 3.05) is 17.6 Å². The Morgan fingerprint density at radius 1 is 1.50 bits per heavy atom. The molecule has 0 spiro atoms. The van der Waals surface area contributed by atoms with E-state index in [0.29, 0.717) is 23.8 Å². The number of carbonyl (C=O) groups is 2. The van der Waals surface area contributed by atoms with Crippen molar-refractivity contribution in [1.29, 1.82) is 5.41 Å². The Morgan fingerprint density at radius 2 is 2.12 bits per heavy atom. The van der Waals surface area contributed by atoms with E-state index in [4.69, 9.17) is 21.4 Å². The van der Waals surface area contributed by atoms with Crippen LogP contribution in [0.2, 0.25) is 0 Å². The summed E-state index contributed by atoms with van der Waals surface area (Å²) in [5, 5.41) is 30.3. The van der Waals surface area contributed by atoms with Gasteiger partial charge >= 0.3 is 11.9 Å². The number of thiazole rings is 1. The summed E-state index contributed by atoms with van der Waals surface area (Å²) >= 11 is 7.63. The number of hydrogen-bond donors (Lipinski definition) is 5. The van der Waals surface area contributed by atoms with Crippen LogP contribution in [-0.2, 0) is 15.3 Å². The van der Waals surface area contributed by atoms with Crippen molar-refractivity contribution in [3.63, 3.8) is 0 Å². The number of hydrogen-bond acceptors (Lipinski definition) is 8. The second-order valence-electron chi connectivity index (χ2n) is 3.72. The Bertz CT molecular complexity index is 624. The second-order valence-corrected chi connectivity index (χ2v) is 5.86. The maximum absolute atomic E-state index is 9.55. The molecule has 24 heavy (non-hydrogen) atoms. The molecule has 1 aromatic heterocycles. The fraction of sp³-hybridized carbons (Fsp3) is 0.250. The van der Waals surface area contributed by atoms with Gasteiger partial charge in [0.25, 0.3) is 0 Å². The largest absolute Gasteiger partial charge is 0.478 e. The van der Waals surface area contributed by atoms with Gasteiger partial charge in [0.2, 0.25) is 0 Å². The van der Waals surface area contributed by atoms with Gasteiger partial charge in [-0.25, -0.2) is 19.6 Å². The molecule has 0 radical (unpaired) electrons. The summed E-state index contributed by atoms with van der Waals surface area (Å²) in [5.41, 5.74) is 6.17. The number of anilines is 1. The summed E-state index contributed by atoms with van der Waals surface area (Å²) in [7, 11) is 0. The van der Waals surface area contributed by atoms with E-state index in [9.17, 15) is 9.59 Å². The molecule has 0 unspecified atom stereocenters. The van der Waals surface area contributed by atoms with Crippen molar-refractivity contribution in [2.24, 2.45) is 10.7 Å². The lowest BCUT2D eigenvalue weighted by Crippen LogP contribution is -2.20. The number of carboxylic acids is 2. The normalized spacial score (nSPS) is 9.50. The van der Waals surface area contributed by atoms with Crippen LogP contribution in [0.3, 0.4) is 0 Å². The summed E-state index contributed by atoms with van der Waals surface area (Å²) < 4.78 is 0. The molecule has 0 aromatic carbocycles. The van der Waals surface area contributed by atoms with Gasteiger partial charge in [0.15, 0.2) is 11.1 Å². The molecule has 0 aliphatic rings. The number of guanidine groups is 1. The number of carboxylic acid groups (broad SMARTS) is 2. The van der Waals surface area contributed by atoms with Gasteiger partial charge < -0.3 is 21.3 Å². The van der Waals surface area contributed by atoms with Gasteiger partial charge in [-0.05, 0) is 12.2 Å². The van der Waals surface area contributed by atoms with E-state index in [1.165, 1.54) is 11.3 Å². The van der Waals surface area contributed by atoms with Crippen molar-refractivity contribution in [3.8, 4) is 0 Å². The number of thiocarbonyl (C=S) groups is 1. The molecule has 0 amide bonds. The lowest BCUT2D eigenvalue weighted by molar-refractivity contribution is -0.134. The van der Waals surface area contributed by atoms with E-state index in [1.807, 2.05) is 5.38 Å². The highest BCUT2D eigenvalue weighted by molar-refractivity contribution is 7.98. The van der Waals surface area contributed by atoms with Crippen molar-refractivity contribution in [2.45, 2.75) is 5.75 Å². The topological polar surface area (TPSA) is 162 Å². The van der Waals surface area contributed by atoms with Crippen LogP contribution in [0.15, 0.2) is 22.5 Å². The number of rotatable bonds is 8. The van der Waals surface area contributed by atoms with E-state index in [-0.39, 0.29) is 5.96 Å². The number of nitrogens with one attached hydrogen (secondary N) is 2. The number of aromatic nitrogens is 1. The molecule has 9 nitrogen and oxygen atoms in total. The van der Waals surface area contributed by atoms with Crippen molar-refractivity contribution in [3.05, 3.63) is 23.2 Å².